The highest BCUT2D eigenvalue weighted by Crippen LogP contribution is 2.37. The van der Waals surface area contributed by atoms with E-state index in [4.69, 9.17) is 19.2 Å². The number of benzene rings is 2. The zero-order valence-corrected chi connectivity index (χ0v) is 17.7. The molecule has 0 fully saturated rings. The number of aromatic nitrogens is 2. The molecule has 2 heterocycles. The van der Waals surface area contributed by atoms with Crippen molar-refractivity contribution in [3.8, 4) is 22.8 Å². The van der Waals surface area contributed by atoms with Crippen LogP contribution in [0.3, 0.4) is 0 Å². The van der Waals surface area contributed by atoms with Crippen molar-refractivity contribution in [1.29, 1.82) is 0 Å². The van der Waals surface area contributed by atoms with Gasteiger partial charge in [0.2, 0.25) is 0 Å². The second-order valence-corrected chi connectivity index (χ2v) is 7.48. The molecule has 0 spiro atoms. The van der Waals surface area contributed by atoms with E-state index < -0.39 is 0 Å². The van der Waals surface area contributed by atoms with Gasteiger partial charge in [0.1, 0.15) is 23.0 Å². The smallest absolute Gasteiger partial charge is 0.197 e. The first-order valence-corrected chi connectivity index (χ1v) is 10.6. The molecule has 4 rings (SSSR count). The molecule has 0 aliphatic rings. The highest BCUT2D eigenvalue weighted by molar-refractivity contribution is 7.23. The van der Waals surface area contributed by atoms with Crippen LogP contribution in [0.1, 0.15) is 13.8 Å². The molecule has 152 valence electrons. The number of ether oxygens (including phenoxy) is 3. The maximum atomic E-state index is 5.65. The first-order chi connectivity index (χ1) is 14.2. The Morgan fingerprint density at radius 1 is 1.00 bits per heavy atom. The Bertz CT molecular complexity index is 1100. The summed E-state index contributed by atoms with van der Waals surface area (Å²) in [5.74, 6) is 2.71. The third-order valence-electron chi connectivity index (χ3n) is 4.57. The van der Waals surface area contributed by atoms with Crippen molar-refractivity contribution in [3.05, 3.63) is 42.5 Å². The number of hydrogen-bond acceptors (Lipinski definition) is 6. The first-order valence-electron chi connectivity index (χ1n) is 9.79. The summed E-state index contributed by atoms with van der Waals surface area (Å²) >= 11 is 1.66. The van der Waals surface area contributed by atoms with E-state index in [2.05, 4.69) is 21.9 Å². The fourth-order valence-corrected chi connectivity index (χ4v) is 4.37. The summed E-state index contributed by atoms with van der Waals surface area (Å²) in [7, 11) is 1.70. The lowest BCUT2D eigenvalue weighted by atomic mass is 10.1. The topological polar surface area (TPSA) is 57.0 Å². The predicted octanol–water partition coefficient (Wildman–Crippen LogP) is 5.07. The molecular weight excluding hydrogens is 386 g/mol. The van der Waals surface area contributed by atoms with Crippen molar-refractivity contribution in [2.24, 2.45) is 0 Å². The summed E-state index contributed by atoms with van der Waals surface area (Å²) in [6.45, 7) is 6.59. The second-order valence-electron chi connectivity index (χ2n) is 6.47. The number of anilines is 1. The molecule has 4 aromatic rings. The van der Waals surface area contributed by atoms with E-state index in [-0.39, 0.29) is 0 Å². The minimum absolute atomic E-state index is 0.618. The molecule has 0 amide bonds. The molecule has 0 unspecified atom stereocenters. The Kier molecular flexibility index (Phi) is 5.87. The Labute approximate surface area is 174 Å². The van der Waals surface area contributed by atoms with Gasteiger partial charge >= 0.3 is 0 Å². The fraction of sp³-hybridized carbons (Fsp3) is 0.318. The lowest BCUT2D eigenvalue weighted by Crippen LogP contribution is -2.10. The molecule has 0 radical (unpaired) electrons. The van der Waals surface area contributed by atoms with Gasteiger partial charge < -0.3 is 19.5 Å². The largest absolute Gasteiger partial charge is 0.494 e. The predicted molar refractivity (Wildman–Crippen MR) is 119 cm³/mol. The van der Waals surface area contributed by atoms with Gasteiger partial charge in [-0.2, -0.15) is 0 Å². The SMILES string of the molecule is CCOc1ccc(-c2nc3sc4cc(OCC)ccc4n3c2NCCOC)cc1. The average Bonchev–Trinajstić information content (AvgIpc) is 3.25. The number of nitrogens with one attached hydrogen (secondary N) is 1. The van der Waals surface area contributed by atoms with Gasteiger partial charge in [0.25, 0.3) is 0 Å². The zero-order valence-electron chi connectivity index (χ0n) is 16.9. The van der Waals surface area contributed by atoms with Crippen LogP contribution in [0.2, 0.25) is 0 Å². The molecule has 29 heavy (non-hydrogen) atoms. The van der Waals surface area contributed by atoms with E-state index >= 15 is 0 Å². The van der Waals surface area contributed by atoms with Crippen LogP contribution in [0.15, 0.2) is 42.5 Å². The van der Waals surface area contributed by atoms with Crippen LogP contribution < -0.4 is 14.8 Å². The lowest BCUT2D eigenvalue weighted by Gasteiger charge is -2.09. The van der Waals surface area contributed by atoms with Crippen LogP contribution in [-0.4, -0.2) is 42.9 Å². The maximum Gasteiger partial charge on any atom is 0.197 e. The van der Waals surface area contributed by atoms with Gasteiger partial charge in [0.15, 0.2) is 4.96 Å². The molecule has 0 aliphatic carbocycles. The van der Waals surface area contributed by atoms with E-state index in [9.17, 15) is 0 Å². The number of nitrogens with zero attached hydrogens (tertiary/aromatic N) is 2. The highest BCUT2D eigenvalue weighted by atomic mass is 32.1. The minimum Gasteiger partial charge on any atom is -0.494 e. The molecule has 0 saturated heterocycles. The van der Waals surface area contributed by atoms with Crippen molar-refractivity contribution >= 4 is 32.3 Å². The van der Waals surface area contributed by atoms with Crippen LogP contribution in [0, 0.1) is 0 Å². The van der Waals surface area contributed by atoms with Gasteiger partial charge in [-0.15, -0.1) is 0 Å². The molecule has 2 aromatic carbocycles. The molecule has 2 aromatic heterocycles. The monoisotopic (exact) mass is 411 g/mol. The molecule has 6 nitrogen and oxygen atoms in total. The molecular formula is C22H25N3O3S. The van der Waals surface area contributed by atoms with Gasteiger partial charge in [-0.1, -0.05) is 11.3 Å². The molecule has 0 atom stereocenters. The van der Waals surface area contributed by atoms with E-state index in [1.54, 1.807) is 18.4 Å². The van der Waals surface area contributed by atoms with Gasteiger partial charge in [-0.3, -0.25) is 4.40 Å². The minimum atomic E-state index is 0.618. The van der Waals surface area contributed by atoms with Crippen molar-refractivity contribution < 1.29 is 14.2 Å². The number of methoxy groups -OCH3 is 1. The lowest BCUT2D eigenvalue weighted by molar-refractivity contribution is 0.210. The average molecular weight is 412 g/mol. The summed E-state index contributed by atoms with van der Waals surface area (Å²) in [5, 5.41) is 3.51. The number of rotatable bonds is 9. The summed E-state index contributed by atoms with van der Waals surface area (Å²) in [6, 6.07) is 14.2. The first kappa shape index (κ1) is 19.5. The normalized spacial score (nSPS) is 11.3. The Morgan fingerprint density at radius 3 is 2.45 bits per heavy atom. The summed E-state index contributed by atoms with van der Waals surface area (Å²) in [5.41, 5.74) is 3.08. The third kappa shape index (κ3) is 3.88. The van der Waals surface area contributed by atoms with Crippen LogP contribution in [-0.2, 0) is 4.74 Å². The summed E-state index contributed by atoms with van der Waals surface area (Å²) in [6.07, 6.45) is 0. The van der Waals surface area contributed by atoms with Crippen LogP contribution in [0.25, 0.3) is 26.4 Å². The van der Waals surface area contributed by atoms with Crippen molar-refractivity contribution in [1.82, 2.24) is 9.38 Å². The number of imidazole rings is 1. The maximum absolute atomic E-state index is 5.65. The second kappa shape index (κ2) is 8.71. The quantitative estimate of drug-likeness (QED) is 0.390. The molecule has 0 bridgehead atoms. The van der Waals surface area contributed by atoms with Crippen molar-refractivity contribution in [2.75, 3.05) is 38.8 Å². The molecule has 0 saturated carbocycles. The van der Waals surface area contributed by atoms with Crippen molar-refractivity contribution in [3.63, 3.8) is 0 Å². The van der Waals surface area contributed by atoms with Gasteiger partial charge in [-0.25, -0.2) is 4.98 Å². The van der Waals surface area contributed by atoms with E-state index in [0.717, 1.165) is 43.8 Å². The number of hydrogen-bond donors (Lipinski definition) is 1. The third-order valence-corrected chi connectivity index (χ3v) is 5.57. The Hall–Kier alpha value is -2.77. The van der Waals surface area contributed by atoms with E-state index in [0.29, 0.717) is 26.4 Å². The fourth-order valence-electron chi connectivity index (χ4n) is 3.32. The summed E-state index contributed by atoms with van der Waals surface area (Å²) < 4.78 is 19.8. The van der Waals surface area contributed by atoms with Crippen LogP contribution in [0.5, 0.6) is 11.5 Å². The molecule has 1 N–H and O–H groups in total. The highest BCUT2D eigenvalue weighted by Gasteiger charge is 2.18. The number of fused-ring (bicyclic) bond motifs is 3. The van der Waals surface area contributed by atoms with Crippen LogP contribution >= 0.6 is 11.3 Å². The summed E-state index contributed by atoms with van der Waals surface area (Å²) in [4.78, 5) is 5.89. The number of thiazole rings is 1. The van der Waals surface area contributed by atoms with E-state index in [1.165, 1.54) is 0 Å². The van der Waals surface area contributed by atoms with Gasteiger partial charge in [0, 0.05) is 19.2 Å². The van der Waals surface area contributed by atoms with E-state index in [1.807, 2.05) is 44.2 Å². The Morgan fingerprint density at radius 2 is 1.72 bits per heavy atom. The molecule has 7 heteroatoms. The Balaban J connectivity index is 1.81. The zero-order chi connectivity index (χ0) is 20.2. The van der Waals surface area contributed by atoms with Gasteiger partial charge in [0.05, 0.1) is 30.0 Å². The standard InChI is InChI=1S/C22H25N3O3S/c1-4-27-16-8-6-15(7-9-16)20-21(23-12-13-26-3)25-18-11-10-17(28-5-2)14-19(18)29-22(25)24-20/h6-11,14,23H,4-5,12-13H2,1-3H3. The molecule has 0 aliphatic heterocycles. The van der Waals surface area contributed by atoms with Crippen LogP contribution in [0.4, 0.5) is 5.82 Å². The van der Waals surface area contributed by atoms with Gasteiger partial charge in [-0.05, 0) is 56.3 Å². The van der Waals surface area contributed by atoms with Crippen molar-refractivity contribution in [2.45, 2.75) is 13.8 Å².